The maximum atomic E-state index is 12.5. The van der Waals surface area contributed by atoms with Gasteiger partial charge in [-0.3, -0.25) is 22.4 Å². The normalized spacial score (nSPS) is 17.3. The molecule has 6 N–H and O–H groups in total. The number of ether oxygens (including phenoxy) is 1. The first-order chi connectivity index (χ1) is 46.1. The quantitative estimate of drug-likeness (QED) is 0.136. The Bertz CT molecular complexity index is 4450. The number of hydrogen-bond acceptors (Lipinski definition) is 25. The first kappa shape index (κ1) is 65.2. The van der Waals surface area contributed by atoms with Gasteiger partial charge >= 0.3 is 12.1 Å². The second-order valence-corrected chi connectivity index (χ2v) is 23.7. The SMILES string of the molecule is CC(C)(C)OC(=O)N[C@H]1CCN(c2nccn3cnnc23)C1.C[C@H]1CCNC1.Clc1nccn2cnnc12.N[C@H]1CCN(c2nccn3cnnc23)C1.O=C(N[C@H]1CCN(c2nccn3cnnc23)C1)c1ncn(-c2ccccc2)n1.O=C(O)c1ncn(-c2ccccc2)n1. The van der Waals surface area contributed by atoms with Crippen LogP contribution >= 0.6 is 11.6 Å². The van der Waals surface area contributed by atoms with E-state index in [-0.39, 0.29) is 41.8 Å². The molecule has 0 saturated carbocycles. The Balaban J connectivity index is 0.000000123. The van der Waals surface area contributed by atoms with Crippen LogP contribution in [0, 0.1) is 5.92 Å². The predicted octanol–water partition coefficient (Wildman–Crippen LogP) is 3.96. The number of carbonyl (C=O) groups excluding carboxylic acids is 2. The number of carboxylic acids is 1. The van der Waals surface area contributed by atoms with Crippen LogP contribution in [0.1, 0.15) is 74.6 Å². The van der Waals surface area contributed by atoms with Gasteiger partial charge in [-0.1, -0.05) is 54.9 Å². The van der Waals surface area contributed by atoms with Crippen molar-refractivity contribution >= 4 is 69.6 Å². The number of halogens is 1. The number of nitrogens with one attached hydrogen (secondary N) is 3. The summed E-state index contributed by atoms with van der Waals surface area (Å²) in [7, 11) is 0. The second kappa shape index (κ2) is 30.5. The second-order valence-electron chi connectivity index (χ2n) is 23.3. The highest BCUT2D eigenvalue weighted by Gasteiger charge is 2.30. The van der Waals surface area contributed by atoms with Crippen LogP contribution in [-0.2, 0) is 4.74 Å². The van der Waals surface area contributed by atoms with Gasteiger partial charge in [0.15, 0.2) is 28.3 Å². The van der Waals surface area contributed by atoms with Crippen molar-refractivity contribution in [2.45, 2.75) is 77.1 Å². The number of amides is 2. The molecule has 4 aliphatic heterocycles. The van der Waals surface area contributed by atoms with Gasteiger partial charge in [-0.2, -0.15) is 0 Å². The number of rotatable bonds is 9. The predicted molar refractivity (Wildman–Crippen MR) is 347 cm³/mol. The van der Waals surface area contributed by atoms with Crippen molar-refractivity contribution in [3.05, 3.63) is 165 Å². The molecule has 16 rings (SSSR count). The number of para-hydroxylation sites is 2. The van der Waals surface area contributed by atoms with Crippen molar-refractivity contribution in [3.63, 3.8) is 0 Å². The third-order valence-corrected chi connectivity index (χ3v) is 15.3. The Morgan fingerprint density at radius 2 is 1.01 bits per heavy atom. The molecule has 0 aliphatic carbocycles. The number of anilines is 3. The lowest BCUT2D eigenvalue weighted by atomic mass is 10.2. The maximum Gasteiger partial charge on any atom is 0.407 e. The van der Waals surface area contributed by atoms with Gasteiger partial charge < -0.3 is 46.2 Å². The number of carboxylic acid groups (broad SMARTS) is 1. The molecule has 2 amide bonds. The molecule has 4 saturated heterocycles. The largest absolute Gasteiger partial charge is 0.475 e. The number of aromatic nitrogens is 22. The Hall–Kier alpha value is -11.3. The fraction of sp³-hybridized carbons (Fsp3) is 0.350. The number of nitrogens with zero attached hydrogens (tertiary/aromatic N) is 25. The van der Waals surface area contributed by atoms with Crippen molar-refractivity contribution in [2.24, 2.45) is 11.7 Å². The third-order valence-electron chi connectivity index (χ3n) is 15.0. The van der Waals surface area contributed by atoms with Crippen LogP contribution in [0.2, 0.25) is 5.15 Å². The Labute approximate surface area is 547 Å². The molecule has 12 aromatic rings. The molecular formula is C60H70ClN29O5. The van der Waals surface area contributed by atoms with Gasteiger partial charge in [0.1, 0.15) is 43.6 Å². The fourth-order valence-electron chi connectivity index (χ4n) is 10.4. The van der Waals surface area contributed by atoms with Gasteiger partial charge in [-0.15, -0.1) is 51.0 Å². The lowest BCUT2D eigenvalue weighted by Gasteiger charge is -2.22. The molecule has 95 heavy (non-hydrogen) atoms. The minimum absolute atomic E-state index is 0.0128. The number of benzene rings is 2. The van der Waals surface area contributed by atoms with Gasteiger partial charge in [-0.25, -0.2) is 48.9 Å². The molecule has 0 unspecified atom stereocenters. The number of nitrogens with two attached hydrogens (primary N) is 1. The molecular weight excluding hydrogens is 1240 g/mol. The standard InChI is InChI=1S/C18H17N9O.C14H20N6O2.C9H12N6.C9H7N3O2.C5H3ClN4.C5H11N/c28-18(15-20-11-27(24-15)14-4-2-1-3-5-14)22-13-6-8-25(10-13)16-17-23-21-12-26(17)9-7-19-16;1-14(2,3)22-13(21)17-10-4-6-19(8-10)11-12-18-16-9-20(12)7-5-15-11;10-7-1-3-14(5-7)8-9-13-12-6-15(9)4-2-11-8;13-9(14)8-10-6-12(11-8)7-4-2-1-3-5-7;6-4-5-9-8-3-10(5)2-1-7-4;1-5-2-3-6-4-5/h1-5,7,9,11-13H,6,8,10H2,(H,22,28);5,7,9-10H,4,6,8H2,1-3H3,(H,17,21);2,4,6-7H,1,3,5,10H2;1-6H,(H,13,14);1-3H;5-6H,2-4H2,1H3/t13-;10-;7-;;;5-/m000..0/s1. The van der Waals surface area contributed by atoms with Gasteiger partial charge in [-0.05, 0) is 89.7 Å². The first-order valence-electron chi connectivity index (χ1n) is 30.5. The number of aromatic carboxylic acids is 1. The fourth-order valence-corrected chi connectivity index (χ4v) is 10.6. The van der Waals surface area contributed by atoms with E-state index in [4.69, 9.17) is 27.2 Å². The number of hydrogen-bond donors (Lipinski definition) is 5. The minimum atomic E-state index is -1.13. The summed E-state index contributed by atoms with van der Waals surface area (Å²) in [5.41, 5.74) is 9.83. The van der Waals surface area contributed by atoms with Crippen molar-refractivity contribution < 1.29 is 24.2 Å². The zero-order valence-electron chi connectivity index (χ0n) is 52.4. The van der Waals surface area contributed by atoms with Crippen LogP contribution in [0.3, 0.4) is 0 Å². The van der Waals surface area contributed by atoms with Gasteiger partial charge in [0.05, 0.1) is 17.4 Å². The van der Waals surface area contributed by atoms with Crippen molar-refractivity contribution in [2.75, 3.05) is 67.1 Å². The van der Waals surface area contributed by atoms with Gasteiger partial charge in [0.2, 0.25) is 22.8 Å². The number of alkyl carbamates (subject to hydrolysis) is 1. The molecule has 492 valence electrons. The van der Waals surface area contributed by atoms with E-state index in [1.807, 2.05) is 113 Å². The number of fused-ring (bicyclic) bond motifs is 4. The number of carbonyl (C=O) groups is 3. The summed E-state index contributed by atoms with van der Waals surface area (Å²) in [6.45, 7) is 15.0. The zero-order valence-corrected chi connectivity index (χ0v) is 53.1. The van der Waals surface area contributed by atoms with E-state index < -0.39 is 11.6 Å². The summed E-state index contributed by atoms with van der Waals surface area (Å²) >= 11 is 5.66. The topological polar surface area (TPSA) is 386 Å². The molecule has 0 spiro atoms. The van der Waals surface area contributed by atoms with E-state index in [1.165, 1.54) is 30.5 Å². The molecule has 2 aromatic carbocycles. The van der Waals surface area contributed by atoms with Crippen LogP contribution in [0.25, 0.3) is 34.0 Å². The highest BCUT2D eigenvalue weighted by Crippen LogP contribution is 2.25. The summed E-state index contributed by atoms with van der Waals surface area (Å²) in [6, 6.07) is 19.0. The van der Waals surface area contributed by atoms with Gasteiger partial charge in [0, 0.05) is 101 Å². The Morgan fingerprint density at radius 3 is 1.43 bits per heavy atom. The lowest BCUT2D eigenvalue weighted by molar-refractivity contribution is 0.0508. The molecule has 4 atom stereocenters. The van der Waals surface area contributed by atoms with E-state index in [9.17, 15) is 14.4 Å². The molecule has 14 heterocycles. The van der Waals surface area contributed by atoms with Crippen LogP contribution in [-0.4, -0.2) is 207 Å². The summed E-state index contributed by atoms with van der Waals surface area (Å²) in [6.07, 6.45) is 27.1. The molecule has 35 heteroatoms. The molecule has 34 nitrogen and oxygen atoms in total. The third kappa shape index (κ3) is 17.1. The maximum absolute atomic E-state index is 12.5. The van der Waals surface area contributed by atoms with E-state index >= 15 is 0 Å². The van der Waals surface area contributed by atoms with Gasteiger partial charge in [0.25, 0.3) is 11.7 Å². The smallest absolute Gasteiger partial charge is 0.407 e. The van der Waals surface area contributed by atoms with E-state index in [1.54, 1.807) is 71.7 Å². The average Bonchev–Trinajstić information content (AvgIpc) is 1.73. The van der Waals surface area contributed by atoms with E-state index in [0.29, 0.717) is 29.5 Å². The highest BCUT2D eigenvalue weighted by atomic mass is 35.5. The van der Waals surface area contributed by atoms with E-state index in [0.717, 1.165) is 91.5 Å². The Kier molecular flexibility index (Phi) is 20.9. The van der Waals surface area contributed by atoms with Crippen molar-refractivity contribution in [3.8, 4) is 11.4 Å². The summed E-state index contributed by atoms with van der Waals surface area (Å²) in [4.78, 5) is 66.0. The molecule has 0 bridgehead atoms. The Morgan fingerprint density at radius 1 is 0.568 bits per heavy atom. The van der Waals surface area contributed by atoms with Crippen LogP contribution < -0.4 is 36.4 Å². The van der Waals surface area contributed by atoms with Crippen LogP contribution in [0.4, 0.5) is 22.2 Å². The molecule has 4 fully saturated rings. The first-order valence-corrected chi connectivity index (χ1v) is 30.9. The molecule has 0 radical (unpaired) electrons. The van der Waals surface area contributed by atoms with Crippen molar-refractivity contribution in [1.29, 1.82) is 0 Å². The highest BCUT2D eigenvalue weighted by molar-refractivity contribution is 6.32. The summed E-state index contributed by atoms with van der Waals surface area (Å²) < 4.78 is 15.5. The molecule has 10 aromatic heterocycles. The van der Waals surface area contributed by atoms with Crippen molar-refractivity contribution in [1.82, 2.24) is 124 Å². The zero-order chi connectivity index (χ0) is 66.3. The van der Waals surface area contributed by atoms with E-state index in [2.05, 4.69) is 118 Å². The average molecular weight is 1310 g/mol. The van der Waals surface area contributed by atoms with Crippen LogP contribution in [0.15, 0.2) is 148 Å². The lowest BCUT2D eigenvalue weighted by Crippen LogP contribution is -2.40. The molecule has 4 aliphatic rings. The minimum Gasteiger partial charge on any atom is -0.475 e. The summed E-state index contributed by atoms with van der Waals surface area (Å²) in [5, 5.41) is 57.6. The summed E-state index contributed by atoms with van der Waals surface area (Å²) in [5.74, 6) is 1.91. The monoisotopic (exact) mass is 1310 g/mol. The van der Waals surface area contributed by atoms with Crippen LogP contribution in [0.5, 0.6) is 0 Å².